The first-order valence-electron chi connectivity index (χ1n) is 9.13. The molecule has 2 rings (SSSR count). The quantitative estimate of drug-likeness (QED) is 0.288. The van der Waals surface area contributed by atoms with E-state index in [-0.39, 0.29) is 30.0 Å². The van der Waals surface area contributed by atoms with Crippen molar-refractivity contribution in [2.75, 3.05) is 19.8 Å². The van der Waals surface area contributed by atoms with Crippen LogP contribution < -0.4 is 20.1 Å². The zero-order valence-corrected chi connectivity index (χ0v) is 19.6. The Morgan fingerprint density at radius 3 is 2.48 bits per heavy atom. The molecule has 0 aliphatic rings. The van der Waals surface area contributed by atoms with Gasteiger partial charge in [-0.25, -0.2) is 4.99 Å². The first-order chi connectivity index (χ1) is 12.7. The standard InChI is InChI=1S/C20H29N3O2S.HI/c1-5-21-20(22-13-16-10-11-26-14-16)23-15(4)17-8-9-18(24-6-2)19(12-17)25-7-3;/h8-12,14-15H,5-7,13H2,1-4H3,(H2,21,22,23);1H. The van der Waals surface area contributed by atoms with E-state index in [1.54, 1.807) is 11.3 Å². The number of hydrogen-bond donors (Lipinski definition) is 2. The fourth-order valence-corrected chi connectivity index (χ4v) is 3.16. The second-order valence-corrected chi connectivity index (χ2v) is 6.55. The number of aliphatic imine (C=N–C) groups is 1. The molecule has 0 spiro atoms. The van der Waals surface area contributed by atoms with Crippen LogP contribution in [0.1, 0.15) is 44.9 Å². The van der Waals surface area contributed by atoms with Gasteiger partial charge in [-0.2, -0.15) is 11.3 Å². The van der Waals surface area contributed by atoms with Crippen LogP contribution in [-0.2, 0) is 6.54 Å². The molecule has 1 aromatic heterocycles. The summed E-state index contributed by atoms with van der Waals surface area (Å²) in [4.78, 5) is 4.67. The van der Waals surface area contributed by atoms with Crippen molar-refractivity contribution in [1.29, 1.82) is 0 Å². The first-order valence-corrected chi connectivity index (χ1v) is 10.1. The van der Waals surface area contributed by atoms with E-state index in [0.717, 1.165) is 29.6 Å². The van der Waals surface area contributed by atoms with Gasteiger partial charge in [-0.1, -0.05) is 6.07 Å². The van der Waals surface area contributed by atoms with Gasteiger partial charge in [0.15, 0.2) is 17.5 Å². The Balaban J connectivity index is 0.00000364. The number of thiophene rings is 1. The summed E-state index contributed by atoms with van der Waals surface area (Å²) < 4.78 is 11.4. The number of rotatable bonds is 9. The molecule has 150 valence electrons. The van der Waals surface area contributed by atoms with E-state index in [1.807, 2.05) is 26.0 Å². The lowest BCUT2D eigenvalue weighted by molar-refractivity contribution is 0.287. The molecule has 7 heteroatoms. The molecule has 1 unspecified atom stereocenters. The van der Waals surface area contributed by atoms with Crippen LogP contribution in [0.5, 0.6) is 11.5 Å². The van der Waals surface area contributed by atoms with Crippen LogP contribution in [-0.4, -0.2) is 25.7 Å². The Labute approximate surface area is 183 Å². The highest BCUT2D eigenvalue weighted by molar-refractivity contribution is 14.0. The Kier molecular flexibility index (Phi) is 11.2. The zero-order valence-electron chi connectivity index (χ0n) is 16.5. The molecule has 1 heterocycles. The van der Waals surface area contributed by atoms with E-state index in [4.69, 9.17) is 9.47 Å². The van der Waals surface area contributed by atoms with E-state index in [1.165, 1.54) is 5.56 Å². The Bertz CT molecular complexity index is 693. The van der Waals surface area contributed by atoms with Crippen LogP contribution in [0.15, 0.2) is 40.0 Å². The van der Waals surface area contributed by atoms with Gasteiger partial charge in [0.05, 0.1) is 25.8 Å². The normalized spacial score (nSPS) is 12.1. The fraction of sp³-hybridized carbons (Fsp3) is 0.450. The molecule has 0 aliphatic carbocycles. The molecule has 0 bridgehead atoms. The van der Waals surface area contributed by atoms with Crippen molar-refractivity contribution < 1.29 is 9.47 Å². The summed E-state index contributed by atoms with van der Waals surface area (Å²) in [6, 6.07) is 8.26. The number of nitrogens with one attached hydrogen (secondary N) is 2. The summed E-state index contributed by atoms with van der Waals surface area (Å²) >= 11 is 1.69. The third kappa shape index (κ3) is 7.57. The van der Waals surface area contributed by atoms with Gasteiger partial charge in [0, 0.05) is 6.54 Å². The van der Waals surface area contributed by atoms with Gasteiger partial charge in [-0.05, 0) is 67.8 Å². The third-order valence-electron chi connectivity index (χ3n) is 3.76. The molecule has 2 aromatic rings. The summed E-state index contributed by atoms with van der Waals surface area (Å²) in [5, 5.41) is 11.0. The van der Waals surface area contributed by atoms with E-state index in [2.05, 4.69) is 52.4 Å². The van der Waals surface area contributed by atoms with E-state index in [0.29, 0.717) is 19.8 Å². The molecular formula is C20H30IN3O2S. The van der Waals surface area contributed by atoms with Crippen molar-refractivity contribution in [3.8, 4) is 11.5 Å². The molecule has 0 saturated heterocycles. The summed E-state index contributed by atoms with van der Waals surface area (Å²) in [7, 11) is 0. The number of guanidine groups is 1. The number of halogens is 1. The number of hydrogen-bond acceptors (Lipinski definition) is 4. The Hall–Kier alpha value is -1.48. The van der Waals surface area contributed by atoms with Crippen LogP contribution in [0.2, 0.25) is 0 Å². The third-order valence-corrected chi connectivity index (χ3v) is 4.50. The summed E-state index contributed by atoms with van der Waals surface area (Å²) in [5.41, 5.74) is 2.34. The summed E-state index contributed by atoms with van der Waals surface area (Å²) in [6.07, 6.45) is 0. The van der Waals surface area contributed by atoms with Crippen LogP contribution in [0.4, 0.5) is 0 Å². The molecule has 0 aliphatic heterocycles. The average Bonchev–Trinajstić information content (AvgIpc) is 3.15. The monoisotopic (exact) mass is 503 g/mol. The molecular weight excluding hydrogens is 473 g/mol. The predicted octanol–water partition coefficient (Wildman–Crippen LogP) is 4.98. The van der Waals surface area contributed by atoms with E-state index >= 15 is 0 Å². The van der Waals surface area contributed by atoms with Gasteiger partial charge >= 0.3 is 0 Å². The minimum atomic E-state index is 0. The van der Waals surface area contributed by atoms with Crippen LogP contribution in [0.3, 0.4) is 0 Å². The van der Waals surface area contributed by atoms with E-state index < -0.39 is 0 Å². The highest BCUT2D eigenvalue weighted by Gasteiger charge is 2.12. The molecule has 5 nitrogen and oxygen atoms in total. The van der Waals surface area contributed by atoms with Gasteiger partial charge in [-0.3, -0.25) is 0 Å². The first kappa shape index (κ1) is 23.6. The minimum Gasteiger partial charge on any atom is -0.490 e. The van der Waals surface area contributed by atoms with Crippen molar-refractivity contribution in [2.45, 2.75) is 40.3 Å². The predicted molar refractivity (Wildman–Crippen MR) is 125 cm³/mol. The van der Waals surface area contributed by atoms with E-state index in [9.17, 15) is 0 Å². The fourth-order valence-electron chi connectivity index (χ4n) is 2.50. The van der Waals surface area contributed by atoms with Gasteiger partial charge in [0.2, 0.25) is 0 Å². The maximum absolute atomic E-state index is 5.73. The largest absolute Gasteiger partial charge is 0.490 e. The number of ether oxygens (including phenoxy) is 2. The van der Waals surface area contributed by atoms with Crippen molar-refractivity contribution in [1.82, 2.24) is 10.6 Å². The van der Waals surface area contributed by atoms with Gasteiger partial charge < -0.3 is 20.1 Å². The molecule has 0 fully saturated rings. The summed E-state index contributed by atoms with van der Waals surface area (Å²) in [5.74, 6) is 2.36. The zero-order chi connectivity index (χ0) is 18.8. The topological polar surface area (TPSA) is 54.9 Å². The minimum absolute atomic E-state index is 0. The van der Waals surface area contributed by atoms with Gasteiger partial charge in [-0.15, -0.1) is 24.0 Å². The molecule has 0 saturated carbocycles. The maximum Gasteiger partial charge on any atom is 0.192 e. The highest BCUT2D eigenvalue weighted by Crippen LogP contribution is 2.30. The molecule has 0 amide bonds. The Morgan fingerprint density at radius 2 is 1.85 bits per heavy atom. The molecule has 1 aromatic carbocycles. The van der Waals surface area contributed by atoms with Crippen molar-refractivity contribution in [3.05, 3.63) is 46.2 Å². The average molecular weight is 503 g/mol. The van der Waals surface area contributed by atoms with Crippen molar-refractivity contribution in [3.63, 3.8) is 0 Å². The Morgan fingerprint density at radius 1 is 1.11 bits per heavy atom. The summed E-state index contributed by atoms with van der Waals surface area (Å²) in [6.45, 7) is 10.8. The van der Waals surface area contributed by atoms with Crippen LogP contribution in [0, 0.1) is 0 Å². The highest BCUT2D eigenvalue weighted by atomic mass is 127. The van der Waals surface area contributed by atoms with Crippen molar-refractivity contribution in [2.24, 2.45) is 4.99 Å². The smallest absolute Gasteiger partial charge is 0.192 e. The maximum atomic E-state index is 5.73. The second kappa shape index (κ2) is 12.8. The molecule has 2 N–H and O–H groups in total. The van der Waals surface area contributed by atoms with Gasteiger partial charge in [0.25, 0.3) is 0 Å². The van der Waals surface area contributed by atoms with Crippen LogP contribution in [0.25, 0.3) is 0 Å². The lowest BCUT2D eigenvalue weighted by atomic mass is 10.1. The lowest BCUT2D eigenvalue weighted by Crippen LogP contribution is -2.38. The van der Waals surface area contributed by atoms with Gasteiger partial charge in [0.1, 0.15) is 0 Å². The molecule has 1 atom stereocenters. The number of benzene rings is 1. The molecule has 27 heavy (non-hydrogen) atoms. The van der Waals surface area contributed by atoms with Crippen molar-refractivity contribution >= 4 is 41.3 Å². The lowest BCUT2D eigenvalue weighted by Gasteiger charge is -2.20. The number of nitrogens with zero attached hydrogens (tertiary/aromatic N) is 1. The van der Waals surface area contributed by atoms with Crippen LogP contribution >= 0.6 is 35.3 Å². The second-order valence-electron chi connectivity index (χ2n) is 5.76. The SMILES string of the molecule is CCNC(=NCc1ccsc1)NC(C)c1ccc(OCC)c(OCC)c1.I. The molecule has 0 radical (unpaired) electrons.